The van der Waals surface area contributed by atoms with E-state index in [-0.39, 0.29) is 11.4 Å². The number of hydrogen-bond donors (Lipinski definition) is 2. The number of ketones is 1. The molecule has 1 amide bonds. The van der Waals surface area contributed by atoms with Gasteiger partial charge in [0.25, 0.3) is 5.91 Å². The van der Waals surface area contributed by atoms with Crippen LogP contribution in [0.5, 0.6) is 11.5 Å². The fraction of sp³-hybridized carbons (Fsp3) is 0.280. The third kappa shape index (κ3) is 3.82. The first-order chi connectivity index (χ1) is 15.4. The zero-order chi connectivity index (χ0) is 22.8. The van der Waals surface area contributed by atoms with Gasteiger partial charge in [0, 0.05) is 23.6 Å². The van der Waals surface area contributed by atoms with Crippen LogP contribution >= 0.6 is 0 Å². The van der Waals surface area contributed by atoms with E-state index in [1.807, 2.05) is 43.5 Å². The summed E-state index contributed by atoms with van der Waals surface area (Å²) in [7, 11) is 1.62. The van der Waals surface area contributed by atoms with Crippen molar-refractivity contribution in [3.05, 3.63) is 71.1 Å². The van der Waals surface area contributed by atoms with Crippen LogP contribution in [0.25, 0.3) is 10.9 Å². The fourth-order valence-electron chi connectivity index (χ4n) is 4.24. The number of benzene rings is 2. The molecular formula is C25H26N2O5. The standard InChI is InChI=1S/C25H26N2O5/c1-4-32-18-7-5-16(6-8-18)23-22(15(2)28)24(29)25(30)27(23)12-11-17-14-26-21-10-9-19(31-3)13-20(17)21/h5-10,13-14,23,26,29H,4,11-12H2,1-3H3/t23-/m1/s1. The molecule has 3 aromatic rings. The first kappa shape index (κ1) is 21.5. The van der Waals surface area contributed by atoms with Crippen LogP contribution in [0.2, 0.25) is 0 Å². The Hall–Kier alpha value is -3.74. The number of nitrogens with zero attached hydrogens (tertiary/aromatic N) is 1. The Bertz CT molecular complexity index is 1190. The highest BCUT2D eigenvalue weighted by Crippen LogP contribution is 2.38. The lowest BCUT2D eigenvalue weighted by atomic mass is 9.96. The summed E-state index contributed by atoms with van der Waals surface area (Å²) in [5.74, 6) is 0.121. The smallest absolute Gasteiger partial charge is 0.290 e. The predicted molar refractivity (Wildman–Crippen MR) is 121 cm³/mol. The first-order valence-electron chi connectivity index (χ1n) is 10.6. The second kappa shape index (κ2) is 8.78. The predicted octanol–water partition coefficient (Wildman–Crippen LogP) is 4.10. The minimum atomic E-state index is -0.643. The lowest BCUT2D eigenvalue weighted by molar-refractivity contribution is -0.129. The minimum Gasteiger partial charge on any atom is -0.503 e. The number of aliphatic hydroxyl groups excluding tert-OH is 1. The van der Waals surface area contributed by atoms with Crippen molar-refractivity contribution in [2.75, 3.05) is 20.3 Å². The Labute approximate surface area is 186 Å². The van der Waals surface area contributed by atoms with E-state index in [2.05, 4.69) is 4.98 Å². The average molecular weight is 434 g/mol. The first-order valence-corrected chi connectivity index (χ1v) is 10.6. The number of fused-ring (bicyclic) bond motifs is 1. The van der Waals surface area contributed by atoms with Crippen LogP contribution < -0.4 is 9.47 Å². The Morgan fingerprint density at radius 2 is 1.88 bits per heavy atom. The highest BCUT2D eigenvalue weighted by molar-refractivity contribution is 6.08. The Balaban J connectivity index is 1.64. The van der Waals surface area contributed by atoms with Crippen molar-refractivity contribution in [1.82, 2.24) is 9.88 Å². The summed E-state index contributed by atoms with van der Waals surface area (Å²) in [6.07, 6.45) is 2.46. The van der Waals surface area contributed by atoms with Crippen molar-refractivity contribution in [1.29, 1.82) is 0 Å². The molecule has 0 bridgehead atoms. The van der Waals surface area contributed by atoms with Gasteiger partial charge in [-0.15, -0.1) is 0 Å². The van der Waals surface area contributed by atoms with E-state index in [1.165, 1.54) is 6.92 Å². The van der Waals surface area contributed by atoms with Gasteiger partial charge in [0.1, 0.15) is 11.5 Å². The third-order valence-electron chi connectivity index (χ3n) is 5.79. The van der Waals surface area contributed by atoms with Crippen LogP contribution in [0.1, 0.15) is 31.0 Å². The van der Waals surface area contributed by atoms with E-state index in [4.69, 9.17) is 9.47 Å². The summed E-state index contributed by atoms with van der Waals surface area (Å²) >= 11 is 0. The van der Waals surface area contributed by atoms with Gasteiger partial charge in [-0.2, -0.15) is 0 Å². The van der Waals surface area contributed by atoms with Crippen LogP contribution in [-0.2, 0) is 16.0 Å². The van der Waals surface area contributed by atoms with E-state index in [1.54, 1.807) is 24.1 Å². The van der Waals surface area contributed by atoms with Crippen LogP contribution in [0, 0.1) is 0 Å². The van der Waals surface area contributed by atoms with E-state index >= 15 is 0 Å². The van der Waals surface area contributed by atoms with Crippen molar-refractivity contribution >= 4 is 22.6 Å². The molecule has 1 aliphatic rings. The molecule has 1 aliphatic heterocycles. The molecule has 166 valence electrons. The summed E-state index contributed by atoms with van der Waals surface area (Å²) in [5.41, 5.74) is 2.87. The second-order valence-corrected chi connectivity index (χ2v) is 7.70. The Morgan fingerprint density at radius 3 is 2.53 bits per heavy atom. The quantitative estimate of drug-likeness (QED) is 0.557. The van der Waals surface area contributed by atoms with Crippen molar-refractivity contribution in [3.8, 4) is 11.5 Å². The van der Waals surface area contributed by atoms with Crippen LogP contribution in [0.4, 0.5) is 0 Å². The average Bonchev–Trinajstić information content (AvgIpc) is 3.31. The maximum Gasteiger partial charge on any atom is 0.290 e. The number of carbonyl (C=O) groups is 2. The molecule has 0 aliphatic carbocycles. The molecule has 1 aromatic heterocycles. The van der Waals surface area contributed by atoms with Gasteiger partial charge in [0.05, 0.1) is 25.3 Å². The Morgan fingerprint density at radius 1 is 1.16 bits per heavy atom. The number of Topliss-reactive ketones (excluding diaryl/α,β-unsaturated/α-hetero) is 1. The topological polar surface area (TPSA) is 91.9 Å². The fourth-order valence-corrected chi connectivity index (χ4v) is 4.24. The summed E-state index contributed by atoms with van der Waals surface area (Å²) in [6, 6.07) is 12.4. The highest BCUT2D eigenvalue weighted by Gasteiger charge is 2.42. The van der Waals surface area contributed by atoms with E-state index < -0.39 is 17.7 Å². The largest absolute Gasteiger partial charge is 0.503 e. The minimum absolute atomic E-state index is 0.125. The second-order valence-electron chi connectivity index (χ2n) is 7.70. The molecule has 0 saturated heterocycles. The molecule has 32 heavy (non-hydrogen) atoms. The van der Waals surface area contributed by atoms with E-state index in [0.717, 1.165) is 27.8 Å². The molecule has 0 spiro atoms. The zero-order valence-corrected chi connectivity index (χ0v) is 18.3. The number of ether oxygens (including phenoxy) is 2. The number of amides is 1. The number of methoxy groups -OCH3 is 1. The van der Waals surface area contributed by atoms with Crippen molar-refractivity contribution in [2.45, 2.75) is 26.3 Å². The molecule has 0 radical (unpaired) electrons. The van der Waals surface area contributed by atoms with Crippen LogP contribution in [-0.4, -0.2) is 46.9 Å². The molecule has 4 rings (SSSR count). The summed E-state index contributed by atoms with van der Waals surface area (Å²) in [6.45, 7) is 4.15. The molecule has 7 nitrogen and oxygen atoms in total. The van der Waals surface area contributed by atoms with Gasteiger partial charge in [-0.3, -0.25) is 9.59 Å². The van der Waals surface area contributed by atoms with Crippen LogP contribution in [0.3, 0.4) is 0 Å². The molecule has 1 atom stereocenters. The number of aromatic nitrogens is 1. The summed E-state index contributed by atoms with van der Waals surface area (Å²) in [4.78, 5) is 30.0. The van der Waals surface area contributed by atoms with Gasteiger partial charge < -0.3 is 24.5 Å². The molecule has 0 unspecified atom stereocenters. The number of rotatable bonds is 8. The van der Waals surface area contributed by atoms with Crippen LogP contribution in [0.15, 0.2) is 60.0 Å². The summed E-state index contributed by atoms with van der Waals surface area (Å²) < 4.78 is 10.8. The molecule has 2 aromatic carbocycles. The van der Waals surface area contributed by atoms with Gasteiger partial charge >= 0.3 is 0 Å². The number of aromatic amines is 1. The zero-order valence-electron chi connectivity index (χ0n) is 18.3. The number of hydrogen-bond acceptors (Lipinski definition) is 5. The highest BCUT2D eigenvalue weighted by atomic mass is 16.5. The van der Waals surface area contributed by atoms with Gasteiger partial charge in [-0.25, -0.2) is 0 Å². The normalized spacial score (nSPS) is 16.2. The maximum atomic E-state index is 12.9. The van der Waals surface area contributed by atoms with Crippen molar-refractivity contribution < 1.29 is 24.2 Å². The monoisotopic (exact) mass is 434 g/mol. The van der Waals surface area contributed by atoms with Crippen molar-refractivity contribution in [2.24, 2.45) is 0 Å². The Kier molecular flexibility index (Phi) is 5.90. The number of carbonyl (C=O) groups excluding carboxylic acids is 2. The molecular weight excluding hydrogens is 408 g/mol. The number of H-pyrrole nitrogens is 1. The third-order valence-corrected chi connectivity index (χ3v) is 5.79. The SMILES string of the molecule is CCOc1ccc([C@@H]2C(C(C)=O)=C(O)C(=O)N2CCc2c[nH]c3ccc(OC)cc23)cc1. The molecule has 0 saturated carbocycles. The van der Waals surface area contributed by atoms with E-state index in [9.17, 15) is 14.7 Å². The summed E-state index contributed by atoms with van der Waals surface area (Å²) in [5, 5.41) is 11.5. The van der Waals surface area contributed by atoms with Crippen molar-refractivity contribution in [3.63, 3.8) is 0 Å². The van der Waals surface area contributed by atoms with Gasteiger partial charge in [-0.05, 0) is 61.7 Å². The lowest BCUT2D eigenvalue weighted by Gasteiger charge is -2.26. The maximum absolute atomic E-state index is 12.9. The van der Waals surface area contributed by atoms with Gasteiger partial charge in [0.2, 0.25) is 0 Å². The lowest BCUT2D eigenvalue weighted by Crippen LogP contribution is -2.32. The molecule has 0 fully saturated rings. The van der Waals surface area contributed by atoms with Gasteiger partial charge in [0.15, 0.2) is 11.5 Å². The molecule has 2 heterocycles. The van der Waals surface area contributed by atoms with Gasteiger partial charge in [-0.1, -0.05) is 12.1 Å². The number of aliphatic hydroxyl groups is 1. The molecule has 7 heteroatoms. The molecule has 2 N–H and O–H groups in total. The van der Waals surface area contributed by atoms with E-state index in [0.29, 0.717) is 25.3 Å². The number of nitrogens with one attached hydrogen (secondary N) is 1.